The molecule has 7 rings (SSSR count). The average Bonchev–Trinajstić information content (AvgIpc) is 3.54. The van der Waals surface area contributed by atoms with Crippen molar-refractivity contribution in [2.45, 2.75) is 45.4 Å². The van der Waals surface area contributed by atoms with Gasteiger partial charge in [-0.3, -0.25) is 29.2 Å². The van der Waals surface area contributed by atoms with E-state index in [0.29, 0.717) is 48.3 Å². The van der Waals surface area contributed by atoms with Crippen LogP contribution < -0.4 is 36.5 Å². The number of nitrogens with zero attached hydrogens (tertiary/aromatic N) is 6. The normalized spacial score (nSPS) is 16.9. The number of hydrogen-bond acceptors (Lipinski definition) is 11. The van der Waals surface area contributed by atoms with Crippen molar-refractivity contribution in [1.82, 2.24) is 34.9 Å². The smallest absolute Gasteiger partial charge is 0.293 e. The fourth-order valence-corrected chi connectivity index (χ4v) is 7.21. The summed E-state index contributed by atoms with van der Waals surface area (Å²) in [7, 11) is 5.07. The Kier molecular flexibility index (Phi) is 11.8. The molecule has 15 heteroatoms. The Balaban J connectivity index is 0.00000197. The molecule has 15 nitrogen and oxygen atoms in total. The van der Waals surface area contributed by atoms with Crippen molar-refractivity contribution in [2.75, 3.05) is 48.8 Å². The van der Waals surface area contributed by atoms with Gasteiger partial charge in [0.05, 0.1) is 28.3 Å². The number of amides is 3. The topological polar surface area (TPSA) is 177 Å². The predicted molar refractivity (Wildman–Crippen MR) is 223 cm³/mol. The number of para-hydroxylation sites is 1. The standard InChI is InChI=1S/C38H42N10O5.C2H6.4H2/c1-5-23-19-41-38(44-35(23)42-25-11-13-28-24(16-25)17-30(37(52)46(28)3)53-21-32(50)39-2)40-18-22-8-7-15-48(20-22)29-10-6-9-26-33(45-47(4)34(26)29)27-12-14-31(49)43-36(27)51;1-2;;;;/h5-6,9-11,13,16-17,19,22,27H,1,7-8,12,14-15,18,20-21H2,2-4H3,(H,39,50)(H,43,49,51)(H2,40,41,42,44);1-2H3;4*1H/t22-,27?;;;;;/m1...../s1. The van der Waals surface area contributed by atoms with Crippen LogP contribution in [0.2, 0.25) is 0 Å². The SMILES string of the molecule is C=Cc1cnc(NC[C@H]2CCCN(c3cccc4c(C5CCC(=O)NC5=O)nn(C)c34)C2)nc1Nc1ccc2c(c1)cc(OCC(=O)NC)c(=O)n2C.CC.[HH].[HH].[HH].[HH]. The predicted octanol–water partition coefficient (Wildman–Crippen LogP) is 5.59. The molecule has 1 unspecified atom stereocenters. The number of rotatable bonds is 11. The summed E-state index contributed by atoms with van der Waals surface area (Å²) in [5.41, 5.74) is 4.57. The van der Waals surface area contributed by atoms with Crippen molar-refractivity contribution in [3.05, 3.63) is 76.9 Å². The van der Waals surface area contributed by atoms with Crippen LogP contribution in [0.3, 0.4) is 0 Å². The fraction of sp³-hybridized carbons (Fsp3) is 0.375. The van der Waals surface area contributed by atoms with E-state index >= 15 is 0 Å². The lowest BCUT2D eigenvalue weighted by atomic mass is 9.92. The van der Waals surface area contributed by atoms with Gasteiger partial charge in [-0.15, -0.1) is 0 Å². The first-order valence-corrected chi connectivity index (χ1v) is 18.6. The van der Waals surface area contributed by atoms with Crippen LogP contribution in [0, 0.1) is 5.92 Å². The third kappa shape index (κ3) is 8.15. The molecule has 55 heavy (non-hydrogen) atoms. The van der Waals surface area contributed by atoms with Gasteiger partial charge in [-0.25, -0.2) is 4.98 Å². The molecule has 0 saturated carbocycles. The summed E-state index contributed by atoms with van der Waals surface area (Å²) in [6, 6.07) is 13.3. The quantitative estimate of drug-likeness (QED) is 0.124. The van der Waals surface area contributed by atoms with E-state index in [4.69, 9.17) is 14.8 Å². The molecule has 2 saturated heterocycles. The number of nitrogens with one attached hydrogen (secondary N) is 4. The van der Waals surface area contributed by atoms with Crippen molar-refractivity contribution >= 4 is 68.7 Å². The van der Waals surface area contributed by atoms with E-state index < -0.39 is 5.92 Å². The zero-order valence-corrected chi connectivity index (χ0v) is 31.9. The number of piperidine rings is 2. The van der Waals surface area contributed by atoms with Crippen molar-refractivity contribution in [1.29, 1.82) is 0 Å². The van der Waals surface area contributed by atoms with Gasteiger partial charge in [-0.05, 0) is 55.5 Å². The number of aromatic nitrogens is 5. The molecule has 3 amide bonds. The fourth-order valence-electron chi connectivity index (χ4n) is 7.21. The van der Waals surface area contributed by atoms with E-state index in [0.717, 1.165) is 59.2 Å². The first kappa shape index (κ1) is 38.5. The number of imide groups is 1. The molecule has 0 spiro atoms. The van der Waals surface area contributed by atoms with Gasteiger partial charge >= 0.3 is 0 Å². The van der Waals surface area contributed by atoms with Crippen molar-refractivity contribution in [3.63, 3.8) is 0 Å². The molecule has 5 aromatic rings. The van der Waals surface area contributed by atoms with Gasteiger partial charge in [0, 0.05) is 81.1 Å². The van der Waals surface area contributed by atoms with Gasteiger partial charge in [-0.2, -0.15) is 10.1 Å². The Morgan fingerprint density at radius 2 is 1.95 bits per heavy atom. The van der Waals surface area contributed by atoms with Gasteiger partial charge in [0.2, 0.25) is 17.8 Å². The van der Waals surface area contributed by atoms with Gasteiger partial charge in [0.15, 0.2) is 12.4 Å². The third-order valence-electron chi connectivity index (χ3n) is 9.98. The van der Waals surface area contributed by atoms with Gasteiger partial charge in [-0.1, -0.05) is 38.6 Å². The molecule has 2 aliphatic heterocycles. The number of carbonyl (C=O) groups is 3. The highest BCUT2D eigenvalue weighted by atomic mass is 16.5. The number of aryl methyl sites for hydroxylation is 2. The Bertz CT molecular complexity index is 2340. The molecule has 5 heterocycles. The first-order chi connectivity index (χ1) is 26.6. The number of likely N-dealkylation sites (N-methyl/N-ethyl adjacent to an activating group) is 1. The summed E-state index contributed by atoms with van der Waals surface area (Å²) in [6.45, 7) is 10.0. The molecule has 2 atom stereocenters. The summed E-state index contributed by atoms with van der Waals surface area (Å²) in [5.74, 6) is 0.117. The Labute approximate surface area is 325 Å². The number of pyridine rings is 1. The zero-order valence-electron chi connectivity index (χ0n) is 31.9. The second-order valence-electron chi connectivity index (χ2n) is 13.5. The van der Waals surface area contributed by atoms with Crippen LogP contribution in [-0.4, -0.2) is 75.3 Å². The van der Waals surface area contributed by atoms with Crippen LogP contribution >= 0.6 is 0 Å². The highest BCUT2D eigenvalue weighted by Crippen LogP contribution is 2.36. The zero-order chi connectivity index (χ0) is 39.2. The maximum atomic E-state index is 12.8. The van der Waals surface area contributed by atoms with E-state index in [1.165, 1.54) is 11.6 Å². The first-order valence-electron chi connectivity index (χ1n) is 18.6. The lowest BCUT2D eigenvalue weighted by Crippen LogP contribution is -2.39. The molecule has 296 valence electrons. The van der Waals surface area contributed by atoms with Crippen LogP contribution in [0.15, 0.2) is 60.0 Å². The van der Waals surface area contributed by atoms with Crippen molar-refractivity contribution in [2.24, 2.45) is 20.0 Å². The maximum Gasteiger partial charge on any atom is 0.293 e. The minimum absolute atomic E-state index is 0. The molecule has 2 aromatic carbocycles. The van der Waals surface area contributed by atoms with Crippen LogP contribution in [-0.2, 0) is 28.5 Å². The van der Waals surface area contributed by atoms with Gasteiger partial charge in [0.1, 0.15) is 5.82 Å². The maximum absolute atomic E-state index is 12.8. The van der Waals surface area contributed by atoms with Gasteiger partial charge < -0.3 is 30.2 Å². The van der Waals surface area contributed by atoms with Crippen LogP contribution in [0.5, 0.6) is 5.75 Å². The lowest BCUT2D eigenvalue weighted by Gasteiger charge is -2.35. The minimum atomic E-state index is -0.456. The number of fused-ring (bicyclic) bond motifs is 2. The van der Waals surface area contributed by atoms with E-state index in [2.05, 4.69) is 43.8 Å². The second kappa shape index (κ2) is 16.8. The second-order valence-corrected chi connectivity index (χ2v) is 13.5. The van der Waals surface area contributed by atoms with Crippen LogP contribution in [0.1, 0.15) is 62.4 Å². The van der Waals surface area contributed by atoms with Gasteiger partial charge in [0.25, 0.3) is 11.5 Å². The largest absolute Gasteiger partial charge is 0.478 e. The van der Waals surface area contributed by atoms with E-state index in [1.807, 2.05) is 55.9 Å². The Hall–Kier alpha value is -6.25. The van der Waals surface area contributed by atoms with E-state index in [9.17, 15) is 19.2 Å². The van der Waals surface area contributed by atoms with Crippen LogP contribution in [0.25, 0.3) is 27.9 Å². The highest BCUT2D eigenvalue weighted by molar-refractivity contribution is 6.03. The molecule has 2 fully saturated rings. The number of carbonyl (C=O) groups excluding carboxylic acids is 3. The molecule has 0 aliphatic carbocycles. The number of hydrogen-bond donors (Lipinski definition) is 4. The number of ether oxygens (including phenoxy) is 1. The molecule has 2 aliphatic rings. The third-order valence-corrected chi connectivity index (χ3v) is 9.98. The summed E-state index contributed by atoms with van der Waals surface area (Å²) in [5, 5.41) is 18.2. The van der Waals surface area contributed by atoms with Crippen molar-refractivity contribution < 1.29 is 24.8 Å². The Morgan fingerprint density at radius 1 is 1.13 bits per heavy atom. The minimum Gasteiger partial charge on any atom is -0.478 e. The monoisotopic (exact) mass is 756 g/mol. The van der Waals surface area contributed by atoms with Crippen molar-refractivity contribution in [3.8, 4) is 5.75 Å². The molecular formula is C40H56N10O5. The molecule has 3 aromatic heterocycles. The average molecular weight is 757 g/mol. The molecular weight excluding hydrogens is 701 g/mol. The molecule has 0 radical (unpaired) electrons. The number of anilines is 4. The highest BCUT2D eigenvalue weighted by Gasteiger charge is 2.33. The van der Waals surface area contributed by atoms with E-state index in [-0.39, 0.29) is 41.3 Å². The lowest BCUT2D eigenvalue weighted by molar-refractivity contribution is -0.134. The van der Waals surface area contributed by atoms with Crippen LogP contribution in [0.4, 0.5) is 23.1 Å². The number of benzene rings is 2. The summed E-state index contributed by atoms with van der Waals surface area (Å²) in [4.78, 5) is 60.7. The summed E-state index contributed by atoms with van der Waals surface area (Å²) >= 11 is 0. The molecule has 0 bridgehead atoms. The summed E-state index contributed by atoms with van der Waals surface area (Å²) < 4.78 is 8.86. The Morgan fingerprint density at radius 3 is 2.71 bits per heavy atom. The van der Waals surface area contributed by atoms with E-state index in [1.54, 1.807) is 25.4 Å². The molecule has 4 N–H and O–H groups in total. The summed E-state index contributed by atoms with van der Waals surface area (Å²) in [6.07, 6.45) is 6.21.